The number of aryl methyl sites for hydroxylation is 1. The standard InChI is InChI=1S/C20H24ClN3O6/c1-11-6-13(8-14(21)7-11)18(28)22-12(2)20(30)24-5-3-4-16(24)19(29)23-15(10-25)9-17(26)27/h6-8,10,12,15-16H,3-5,9H2,1-2H3,(H,22,28)(H,23,29)(H,26,27)/t12?,15?,16-/m0/s1. The summed E-state index contributed by atoms with van der Waals surface area (Å²) in [6.45, 7) is 3.63. The Morgan fingerprint density at radius 3 is 2.57 bits per heavy atom. The van der Waals surface area contributed by atoms with Crippen LogP contribution in [0, 0.1) is 6.92 Å². The minimum Gasteiger partial charge on any atom is -0.481 e. The topological polar surface area (TPSA) is 133 Å². The van der Waals surface area contributed by atoms with E-state index in [2.05, 4.69) is 10.6 Å². The van der Waals surface area contributed by atoms with E-state index in [1.54, 1.807) is 19.1 Å². The van der Waals surface area contributed by atoms with Crippen molar-refractivity contribution in [2.24, 2.45) is 0 Å². The van der Waals surface area contributed by atoms with E-state index in [-0.39, 0.29) is 0 Å². The highest BCUT2D eigenvalue weighted by molar-refractivity contribution is 6.31. The van der Waals surface area contributed by atoms with Gasteiger partial charge in [0.05, 0.1) is 12.5 Å². The number of aliphatic carboxylic acids is 1. The van der Waals surface area contributed by atoms with Crippen molar-refractivity contribution in [3.63, 3.8) is 0 Å². The summed E-state index contributed by atoms with van der Waals surface area (Å²) in [4.78, 5) is 60.9. The molecule has 1 saturated heterocycles. The maximum Gasteiger partial charge on any atom is 0.305 e. The largest absolute Gasteiger partial charge is 0.481 e. The molecule has 3 N–H and O–H groups in total. The number of carbonyl (C=O) groups excluding carboxylic acids is 4. The molecule has 2 rings (SSSR count). The number of amides is 3. The fourth-order valence-corrected chi connectivity index (χ4v) is 3.65. The monoisotopic (exact) mass is 437 g/mol. The molecule has 3 amide bonds. The van der Waals surface area contributed by atoms with Gasteiger partial charge in [0, 0.05) is 17.1 Å². The van der Waals surface area contributed by atoms with Crippen molar-refractivity contribution in [1.82, 2.24) is 15.5 Å². The summed E-state index contributed by atoms with van der Waals surface area (Å²) in [5.41, 5.74) is 1.12. The van der Waals surface area contributed by atoms with Crippen molar-refractivity contribution in [3.8, 4) is 0 Å². The molecule has 10 heteroatoms. The number of carboxylic acid groups (broad SMARTS) is 1. The van der Waals surface area contributed by atoms with Gasteiger partial charge in [0.1, 0.15) is 18.4 Å². The number of aldehydes is 1. The highest BCUT2D eigenvalue weighted by atomic mass is 35.5. The van der Waals surface area contributed by atoms with Crippen LogP contribution in [0.4, 0.5) is 0 Å². The Balaban J connectivity index is 2.03. The van der Waals surface area contributed by atoms with Crippen molar-refractivity contribution >= 4 is 41.6 Å². The zero-order valence-corrected chi connectivity index (χ0v) is 17.4. The second-order valence-corrected chi connectivity index (χ2v) is 7.69. The highest BCUT2D eigenvalue weighted by Gasteiger charge is 2.37. The van der Waals surface area contributed by atoms with Crippen LogP contribution in [-0.4, -0.2) is 64.7 Å². The van der Waals surface area contributed by atoms with Gasteiger partial charge < -0.3 is 25.4 Å². The molecule has 2 unspecified atom stereocenters. The lowest BCUT2D eigenvalue weighted by molar-refractivity contribution is -0.141. The maximum absolute atomic E-state index is 12.8. The van der Waals surface area contributed by atoms with E-state index < -0.39 is 48.2 Å². The molecule has 0 bridgehead atoms. The average molecular weight is 438 g/mol. The van der Waals surface area contributed by atoms with E-state index >= 15 is 0 Å². The van der Waals surface area contributed by atoms with Gasteiger partial charge in [-0.1, -0.05) is 11.6 Å². The Bertz CT molecular complexity index is 839. The second-order valence-electron chi connectivity index (χ2n) is 7.25. The van der Waals surface area contributed by atoms with Gasteiger partial charge in [-0.05, 0) is 50.5 Å². The highest BCUT2D eigenvalue weighted by Crippen LogP contribution is 2.19. The fraction of sp³-hybridized carbons (Fsp3) is 0.450. The quantitative estimate of drug-likeness (QED) is 0.518. The second kappa shape index (κ2) is 10.2. The smallest absolute Gasteiger partial charge is 0.305 e. The van der Waals surface area contributed by atoms with Crippen molar-refractivity contribution in [3.05, 3.63) is 34.3 Å². The summed E-state index contributed by atoms with van der Waals surface area (Å²) in [6.07, 6.45) is 0.761. The summed E-state index contributed by atoms with van der Waals surface area (Å²) in [5.74, 6) is -2.73. The van der Waals surface area contributed by atoms with Crippen LogP contribution < -0.4 is 10.6 Å². The lowest BCUT2D eigenvalue weighted by Gasteiger charge is -2.27. The molecule has 162 valence electrons. The third-order valence-corrected chi connectivity index (χ3v) is 4.97. The van der Waals surface area contributed by atoms with Gasteiger partial charge in [0.25, 0.3) is 5.91 Å². The maximum atomic E-state index is 12.8. The van der Waals surface area contributed by atoms with Crippen molar-refractivity contribution < 1.29 is 29.1 Å². The molecule has 1 heterocycles. The summed E-state index contributed by atoms with van der Waals surface area (Å²) >= 11 is 5.97. The summed E-state index contributed by atoms with van der Waals surface area (Å²) < 4.78 is 0. The molecule has 1 aliphatic rings. The summed E-state index contributed by atoms with van der Waals surface area (Å²) in [5, 5.41) is 14.2. The number of carboxylic acids is 1. The van der Waals surface area contributed by atoms with Crippen LogP contribution in [0.25, 0.3) is 0 Å². The SMILES string of the molecule is Cc1cc(Cl)cc(C(=O)NC(C)C(=O)N2CCC[C@H]2C(=O)NC(C=O)CC(=O)O)c1. The molecule has 0 saturated carbocycles. The molecule has 3 atom stereocenters. The van der Waals surface area contributed by atoms with E-state index in [1.165, 1.54) is 17.9 Å². The molecular formula is C20H24ClN3O6. The van der Waals surface area contributed by atoms with E-state index in [1.807, 2.05) is 0 Å². The molecule has 30 heavy (non-hydrogen) atoms. The van der Waals surface area contributed by atoms with Crippen molar-refractivity contribution in [1.29, 1.82) is 0 Å². The number of rotatable bonds is 8. The van der Waals surface area contributed by atoms with E-state index in [4.69, 9.17) is 16.7 Å². The number of benzene rings is 1. The van der Waals surface area contributed by atoms with Crippen molar-refractivity contribution in [2.45, 2.75) is 51.2 Å². The van der Waals surface area contributed by atoms with Gasteiger partial charge in [-0.15, -0.1) is 0 Å². The Morgan fingerprint density at radius 2 is 1.97 bits per heavy atom. The zero-order valence-electron chi connectivity index (χ0n) is 16.7. The predicted octanol–water partition coefficient (Wildman–Crippen LogP) is 0.916. The number of halogens is 1. The van der Waals surface area contributed by atoms with E-state index in [9.17, 15) is 24.0 Å². The average Bonchev–Trinajstić information content (AvgIpc) is 3.15. The number of hydrogen-bond acceptors (Lipinski definition) is 5. The molecule has 1 aromatic carbocycles. The van der Waals surface area contributed by atoms with Gasteiger partial charge in [-0.2, -0.15) is 0 Å². The first-order valence-electron chi connectivity index (χ1n) is 9.48. The Hall–Kier alpha value is -2.94. The van der Waals surface area contributed by atoms with Crippen LogP contribution in [0.2, 0.25) is 5.02 Å². The number of hydrogen-bond donors (Lipinski definition) is 3. The van der Waals surface area contributed by atoms with Crippen LogP contribution >= 0.6 is 11.6 Å². The summed E-state index contributed by atoms with van der Waals surface area (Å²) in [6, 6.07) is 1.95. The van der Waals surface area contributed by atoms with Gasteiger partial charge in [0.2, 0.25) is 11.8 Å². The number of carbonyl (C=O) groups is 5. The number of likely N-dealkylation sites (tertiary alicyclic amines) is 1. The molecule has 0 aliphatic carbocycles. The minimum absolute atomic E-state index is 0.317. The lowest BCUT2D eigenvalue weighted by atomic mass is 10.1. The molecule has 9 nitrogen and oxygen atoms in total. The molecule has 1 aliphatic heterocycles. The lowest BCUT2D eigenvalue weighted by Crippen LogP contribution is -2.54. The summed E-state index contributed by atoms with van der Waals surface area (Å²) in [7, 11) is 0. The Morgan fingerprint density at radius 1 is 1.27 bits per heavy atom. The fourth-order valence-electron chi connectivity index (χ4n) is 3.36. The van der Waals surface area contributed by atoms with Crippen molar-refractivity contribution in [2.75, 3.05) is 6.54 Å². The molecule has 1 fully saturated rings. The minimum atomic E-state index is -1.22. The molecule has 0 aromatic heterocycles. The third-order valence-electron chi connectivity index (χ3n) is 4.75. The molecular weight excluding hydrogens is 414 g/mol. The number of nitrogens with zero attached hydrogens (tertiary/aromatic N) is 1. The first kappa shape index (κ1) is 23.3. The first-order chi connectivity index (χ1) is 14.1. The van der Waals surface area contributed by atoms with E-state index in [0.29, 0.717) is 36.3 Å². The molecule has 0 radical (unpaired) electrons. The molecule has 0 spiro atoms. The predicted molar refractivity (Wildman–Crippen MR) is 108 cm³/mol. The van der Waals surface area contributed by atoms with E-state index in [0.717, 1.165) is 5.56 Å². The zero-order chi connectivity index (χ0) is 22.4. The van der Waals surface area contributed by atoms with Crippen LogP contribution in [0.5, 0.6) is 0 Å². The number of nitrogens with one attached hydrogen (secondary N) is 2. The van der Waals surface area contributed by atoms with Gasteiger partial charge in [0.15, 0.2) is 0 Å². The van der Waals surface area contributed by atoms with Crippen LogP contribution in [-0.2, 0) is 19.2 Å². The Labute approximate surface area is 178 Å². The van der Waals surface area contributed by atoms with Gasteiger partial charge in [-0.25, -0.2) is 0 Å². The van der Waals surface area contributed by atoms with Crippen LogP contribution in [0.1, 0.15) is 42.1 Å². The first-order valence-corrected chi connectivity index (χ1v) is 9.86. The normalized spacial score (nSPS) is 17.7. The third kappa shape index (κ3) is 6.03. The van der Waals surface area contributed by atoms with Gasteiger partial charge >= 0.3 is 5.97 Å². The van der Waals surface area contributed by atoms with Crippen LogP contribution in [0.15, 0.2) is 18.2 Å². The van der Waals surface area contributed by atoms with Gasteiger partial charge in [-0.3, -0.25) is 19.2 Å². The molecule has 1 aromatic rings. The van der Waals surface area contributed by atoms with Crippen LogP contribution in [0.3, 0.4) is 0 Å². The Kier molecular flexibility index (Phi) is 7.93.